The summed E-state index contributed by atoms with van der Waals surface area (Å²) in [6, 6.07) is 12.6. The molecule has 168 valence electrons. The molecule has 1 saturated carbocycles. The summed E-state index contributed by atoms with van der Waals surface area (Å²) >= 11 is 0. The van der Waals surface area contributed by atoms with Gasteiger partial charge in [0, 0.05) is 25.4 Å². The Balaban J connectivity index is 1.30. The van der Waals surface area contributed by atoms with Crippen LogP contribution in [0.15, 0.2) is 48.8 Å². The average Bonchev–Trinajstić information content (AvgIpc) is 3.55. The van der Waals surface area contributed by atoms with Gasteiger partial charge in [0.1, 0.15) is 5.75 Å². The van der Waals surface area contributed by atoms with Crippen LogP contribution >= 0.6 is 0 Å². The SMILES string of the molecule is CCCC(CC1CC1CCC(=O)NCCCCc1cccnc1)c1cccc(OC)c1. The smallest absolute Gasteiger partial charge is 0.220 e. The number of benzene rings is 1. The summed E-state index contributed by atoms with van der Waals surface area (Å²) in [5, 5.41) is 3.10. The van der Waals surface area contributed by atoms with Gasteiger partial charge >= 0.3 is 0 Å². The van der Waals surface area contributed by atoms with Gasteiger partial charge in [0.15, 0.2) is 0 Å². The standard InChI is InChI=1S/C27H38N2O2/c1-3-8-22(23-11-6-12-26(19-23)31-2)17-25-18-24(25)13-14-27(30)29-16-5-4-9-21-10-7-15-28-20-21/h6-7,10-12,15,19-20,22,24-25H,3-5,8-9,13-14,16-18H2,1-2H3,(H,29,30). The minimum Gasteiger partial charge on any atom is -0.497 e. The van der Waals surface area contributed by atoms with Gasteiger partial charge in [0.2, 0.25) is 5.91 Å². The zero-order valence-electron chi connectivity index (χ0n) is 19.2. The number of rotatable bonds is 14. The fourth-order valence-corrected chi connectivity index (χ4v) is 4.62. The molecule has 31 heavy (non-hydrogen) atoms. The second-order valence-corrected chi connectivity index (χ2v) is 8.96. The first-order valence-corrected chi connectivity index (χ1v) is 12.0. The Kier molecular flexibility index (Phi) is 9.39. The Labute approximate surface area is 187 Å². The molecule has 1 fully saturated rings. The zero-order chi connectivity index (χ0) is 21.9. The fourth-order valence-electron chi connectivity index (χ4n) is 4.62. The van der Waals surface area contributed by atoms with E-state index in [9.17, 15) is 4.79 Å². The molecule has 1 heterocycles. The Bertz CT molecular complexity index is 793. The van der Waals surface area contributed by atoms with E-state index in [4.69, 9.17) is 4.74 Å². The number of amides is 1. The van der Waals surface area contributed by atoms with Gasteiger partial charge in [-0.3, -0.25) is 9.78 Å². The highest BCUT2D eigenvalue weighted by atomic mass is 16.5. The van der Waals surface area contributed by atoms with Gasteiger partial charge in [-0.1, -0.05) is 31.5 Å². The number of nitrogens with zero attached hydrogens (tertiary/aromatic N) is 1. The van der Waals surface area contributed by atoms with E-state index >= 15 is 0 Å². The Morgan fingerprint density at radius 1 is 1.23 bits per heavy atom. The number of aryl methyl sites for hydroxylation is 1. The van der Waals surface area contributed by atoms with Crippen LogP contribution in [-0.4, -0.2) is 24.5 Å². The number of hydrogen-bond acceptors (Lipinski definition) is 3. The van der Waals surface area contributed by atoms with Gasteiger partial charge in [0.05, 0.1) is 7.11 Å². The van der Waals surface area contributed by atoms with Crippen LogP contribution in [0.25, 0.3) is 0 Å². The number of hydrogen-bond donors (Lipinski definition) is 1. The van der Waals surface area contributed by atoms with Crippen molar-refractivity contribution < 1.29 is 9.53 Å². The van der Waals surface area contributed by atoms with Gasteiger partial charge in [0.25, 0.3) is 0 Å². The lowest BCUT2D eigenvalue weighted by atomic mass is 9.88. The minimum absolute atomic E-state index is 0.213. The second-order valence-electron chi connectivity index (χ2n) is 8.96. The molecule has 0 bridgehead atoms. The monoisotopic (exact) mass is 422 g/mol. The molecule has 1 amide bonds. The molecule has 0 spiro atoms. The molecule has 3 rings (SSSR count). The Morgan fingerprint density at radius 2 is 2.13 bits per heavy atom. The van der Waals surface area contributed by atoms with Crippen molar-refractivity contribution >= 4 is 5.91 Å². The maximum atomic E-state index is 12.2. The van der Waals surface area contributed by atoms with E-state index < -0.39 is 0 Å². The van der Waals surface area contributed by atoms with Crippen LogP contribution in [-0.2, 0) is 11.2 Å². The molecular weight excluding hydrogens is 384 g/mol. The van der Waals surface area contributed by atoms with Gasteiger partial charge in [-0.15, -0.1) is 0 Å². The van der Waals surface area contributed by atoms with Gasteiger partial charge in [-0.25, -0.2) is 0 Å². The summed E-state index contributed by atoms with van der Waals surface area (Å²) in [6.45, 7) is 3.04. The van der Waals surface area contributed by atoms with Crippen LogP contribution in [0.4, 0.5) is 0 Å². The molecule has 1 aromatic carbocycles. The Hall–Kier alpha value is -2.36. The summed E-state index contributed by atoms with van der Waals surface area (Å²) in [6.07, 6.45) is 13.5. The van der Waals surface area contributed by atoms with E-state index in [1.54, 1.807) is 13.3 Å². The molecule has 1 aliphatic rings. The van der Waals surface area contributed by atoms with Crippen molar-refractivity contribution in [1.29, 1.82) is 0 Å². The molecule has 0 radical (unpaired) electrons. The minimum atomic E-state index is 0.213. The normalized spacial score (nSPS) is 18.4. The zero-order valence-corrected chi connectivity index (χ0v) is 19.2. The second kappa shape index (κ2) is 12.5. The van der Waals surface area contributed by atoms with Crippen molar-refractivity contribution in [3.05, 3.63) is 59.9 Å². The topological polar surface area (TPSA) is 51.2 Å². The van der Waals surface area contributed by atoms with Crippen molar-refractivity contribution in [3.63, 3.8) is 0 Å². The highest BCUT2D eigenvalue weighted by molar-refractivity contribution is 5.75. The lowest BCUT2D eigenvalue weighted by Crippen LogP contribution is -2.24. The molecule has 1 aliphatic carbocycles. The maximum Gasteiger partial charge on any atom is 0.220 e. The van der Waals surface area contributed by atoms with Crippen LogP contribution in [0.1, 0.15) is 75.3 Å². The van der Waals surface area contributed by atoms with E-state index in [0.717, 1.165) is 49.8 Å². The summed E-state index contributed by atoms with van der Waals surface area (Å²) < 4.78 is 5.41. The Morgan fingerprint density at radius 3 is 2.90 bits per heavy atom. The first-order chi connectivity index (χ1) is 15.2. The van der Waals surface area contributed by atoms with Gasteiger partial charge < -0.3 is 10.1 Å². The number of carbonyl (C=O) groups is 1. The number of ether oxygens (including phenoxy) is 1. The molecule has 4 nitrogen and oxygen atoms in total. The molecule has 0 saturated heterocycles. The first-order valence-electron chi connectivity index (χ1n) is 12.0. The third kappa shape index (κ3) is 8.01. The molecule has 4 heteroatoms. The molecule has 1 N–H and O–H groups in total. The summed E-state index contributed by atoms with van der Waals surface area (Å²) in [4.78, 5) is 16.3. The number of methoxy groups -OCH3 is 1. The number of pyridine rings is 1. The fraction of sp³-hybridized carbons (Fsp3) is 0.556. The van der Waals surface area contributed by atoms with Crippen LogP contribution in [0.3, 0.4) is 0 Å². The molecule has 3 unspecified atom stereocenters. The van der Waals surface area contributed by atoms with Crippen molar-refractivity contribution in [1.82, 2.24) is 10.3 Å². The highest BCUT2D eigenvalue weighted by Crippen LogP contribution is 2.48. The maximum absolute atomic E-state index is 12.2. The summed E-state index contributed by atoms with van der Waals surface area (Å²) in [5.74, 6) is 3.26. The number of nitrogens with one attached hydrogen (secondary N) is 1. The van der Waals surface area contributed by atoms with Crippen molar-refractivity contribution in [3.8, 4) is 5.75 Å². The third-order valence-electron chi connectivity index (χ3n) is 6.54. The summed E-state index contributed by atoms with van der Waals surface area (Å²) in [7, 11) is 1.73. The summed E-state index contributed by atoms with van der Waals surface area (Å²) in [5.41, 5.74) is 2.67. The van der Waals surface area contributed by atoms with Crippen LogP contribution in [0, 0.1) is 11.8 Å². The first kappa shape index (κ1) is 23.3. The molecule has 0 aliphatic heterocycles. The van der Waals surface area contributed by atoms with Crippen LogP contribution in [0.5, 0.6) is 5.75 Å². The third-order valence-corrected chi connectivity index (χ3v) is 6.54. The molecule has 3 atom stereocenters. The predicted octanol–water partition coefficient (Wildman–Crippen LogP) is 5.92. The lowest BCUT2D eigenvalue weighted by molar-refractivity contribution is -0.121. The van der Waals surface area contributed by atoms with E-state index in [2.05, 4.69) is 41.5 Å². The number of unbranched alkanes of at least 4 members (excludes halogenated alkanes) is 1. The highest BCUT2D eigenvalue weighted by Gasteiger charge is 2.38. The quantitative estimate of drug-likeness (QED) is 0.385. The van der Waals surface area contributed by atoms with Gasteiger partial charge in [-0.2, -0.15) is 0 Å². The van der Waals surface area contributed by atoms with E-state index in [1.165, 1.54) is 36.8 Å². The lowest BCUT2D eigenvalue weighted by Gasteiger charge is -2.17. The van der Waals surface area contributed by atoms with Crippen molar-refractivity contribution in [2.24, 2.45) is 11.8 Å². The number of carbonyl (C=O) groups excluding carboxylic acids is 1. The van der Waals surface area contributed by atoms with E-state index in [0.29, 0.717) is 12.3 Å². The van der Waals surface area contributed by atoms with E-state index in [-0.39, 0.29) is 5.91 Å². The predicted molar refractivity (Wildman–Crippen MR) is 126 cm³/mol. The number of aromatic nitrogens is 1. The molecule has 1 aromatic heterocycles. The van der Waals surface area contributed by atoms with Gasteiger partial charge in [-0.05, 0) is 92.0 Å². The van der Waals surface area contributed by atoms with Crippen LogP contribution in [0.2, 0.25) is 0 Å². The van der Waals surface area contributed by atoms with Crippen molar-refractivity contribution in [2.75, 3.05) is 13.7 Å². The molecule has 2 aromatic rings. The van der Waals surface area contributed by atoms with Crippen molar-refractivity contribution in [2.45, 2.75) is 70.6 Å². The average molecular weight is 423 g/mol. The van der Waals surface area contributed by atoms with E-state index in [1.807, 2.05) is 18.3 Å². The molecular formula is C27H38N2O2. The van der Waals surface area contributed by atoms with Crippen LogP contribution < -0.4 is 10.1 Å². The largest absolute Gasteiger partial charge is 0.497 e.